The second kappa shape index (κ2) is 14.1. The Kier molecular flexibility index (Phi) is 9.82. The van der Waals surface area contributed by atoms with E-state index in [-0.39, 0.29) is 25.4 Å². The molecule has 0 unspecified atom stereocenters. The minimum absolute atomic E-state index is 0.00107. The first-order valence-electron chi connectivity index (χ1n) is 13.3. The lowest BCUT2D eigenvalue weighted by Crippen LogP contribution is -2.31. The number of aliphatic hydroxyl groups is 1. The number of aromatic amines is 1. The van der Waals surface area contributed by atoms with Gasteiger partial charge in [-0.25, -0.2) is 9.78 Å². The third-order valence-electron chi connectivity index (χ3n) is 6.68. The Hall–Kier alpha value is -3.96. The van der Waals surface area contributed by atoms with Crippen LogP contribution < -0.4 is 5.32 Å². The van der Waals surface area contributed by atoms with Crippen molar-refractivity contribution in [2.45, 2.75) is 43.2 Å². The van der Waals surface area contributed by atoms with Crippen LogP contribution in [0.25, 0.3) is 11.1 Å². The highest BCUT2D eigenvalue weighted by Gasteiger charge is 2.32. The van der Waals surface area contributed by atoms with Gasteiger partial charge in [-0.3, -0.25) is 5.10 Å². The van der Waals surface area contributed by atoms with E-state index >= 15 is 0 Å². The lowest BCUT2D eigenvalue weighted by atomic mass is 9.98. The molecular formula is C31H32N4O5S. The number of aliphatic hydroxyl groups excluding tert-OH is 1. The van der Waals surface area contributed by atoms with Crippen molar-refractivity contribution < 1.29 is 24.1 Å². The molecule has 2 heterocycles. The van der Waals surface area contributed by atoms with Crippen molar-refractivity contribution in [3.63, 3.8) is 0 Å². The maximum Gasteiger partial charge on any atom is 0.407 e. The summed E-state index contributed by atoms with van der Waals surface area (Å²) in [6.45, 7) is 4.05. The molecule has 0 saturated carbocycles. The van der Waals surface area contributed by atoms with Crippen LogP contribution in [0.1, 0.15) is 41.1 Å². The largest absolute Gasteiger partial charge is 0.445 e. The first kappa shape index (κ1) is 28.6. The molecule has 1 saturated heterocycles. The molecule has 0 aliphatic carbocycles. The van der Waals surface area contributed by atoms with E-state index in [1.807, 2.05) is 72.8 Å². The molecule has 0 bridgehead atoms. The number of carbonyl (C=O) groups is 1. The Morgan fingerprint density at radius 3 is 2.61 bits per heavy atom. The van der Waals surface area contributed by atoms with Gasteiger partial charge in [0.05, 0.1) is 18.8 Å². The van der Waals surface area contributed by atoms with Crippen LogP contribution in [0.3, 0.4) is 0 Å². The molecule has 4 aromatic rings. The molecule has 1 aliphatic rings. The van der Waals surface area contributed by atoms with E-state index in [0.29, 0.717) is 18.7 Å². The average molecular weight is 573 g/mol. The Morgan fingerprint density at radius 1 is 1.10 bits per heavy atom. The van der Waals surface area contributed by atoms with E-state index in [4.69, 9.17) is 14.2 Å². The summed E-state index contributed by atoms with van der Waals surface area (Å²) in [6.07, 6.45) is 2.40. The van der Waals surface area contributed by atoms with Crippen molar-refractivity contribution in [3.05, 3.63) is 114 Å². The van der Waals surface area contributed by atoms with Crippen molar-refractivity contribution in [3.8, 4) is 11.1 Å². The van der Waals surface area contributed by atoms with Gasteiger partial charge >= 0.3 is 6.09 Å². The molecule has 3 atom stereocenters. The second-order valence-corrected chi connectivity index (χ2v) is 10.5. The Bertz CT molecular complexity index is 1410. The van der Waals surface area contributed by atoms with Gasteiger partial charge in [0.2, 0.25) is 0 Å². The summed E-state index contributed by atoms with van der Waals surface area (Å²) in [6, 6.07) is 23.9. The number of hydrogen-bond donors (Lipinski definition) is 3. The Labute approximate surface area is 243 Å². The van der Waals surface area contributed by atoms with Gasteiger partial charge in [0.1, 0.15) is 12.9 Å². The zero-order valence-electron chi connectivity index (χ0n) is 22.4. The highest BCUT2D eigenvalue weighted by Crippen LogP contribution is 2.39. The number of ether oxygens (including phenoxy) is 3. The quantitative estimate of drug-likeness (QED) is 0.154. The molecule has 1 aromatic heterocycles. The van der Waals surface area contributed by atoms with Crippen molar-refractivity contribution in [2.24, 2.45) is 0 Å². The molecule has 9 nitrogen and oxygen atoms in total. The van der Waals surface area contributed by atoms with E-state index in [2.05, 4.69) is 27.1 Å². The molecule has 1 fully saturated rings. The fourth-order valence-corrected chi connectivity index (χ4v) is 5.38. The Morgan fingerprint density at radius 2 is 1.88 bits per heavy atom. The minimum atomic E-state index is -0.558. The fourth-order valence-electron chi connectivity index (χ4n) is 4.59. The first-order chi connectivity index (χ1) is 20.1. The van der Waals surface area contributed by atoms with E-state index < -0.39 is 12.4 Å². The van der Waals surface area contributed by atoms with Gasteiger partial charge in [-0.1, -0.05) is 97.2 Å². The summed E-state index contributed by atoms with van der Waals surface area (Å²) >= 11 is 1.56. The second-order valence-electron chi connectivity index (χ2n) is 9.47. The molecule has 1 aliphatic heterocycles. The van der Waals surface area contributed by atoms with Crippen LogP contribution in [0.15, 0.2) is 96.9 Å². The lowest BCUT2D eigenvalue weighted by Gasteiger charge is -2.36. The Balaban J connectivity index is 1.32. The van der Waals surface area contributed by atoms with E-state index in [1.54, 1.807) is 11.8 Å². The summed E-state index contributed by atoms with van der Waals surface area (Å²) in [5, 5.41) is 19.8. The number of benzene rings is 3. The van der Waals surface area contributed by atoms with Crippen LogP contribution in [0.4, 0.5) is 4.79 Å². The van der Waals surface area contributed by atoms with E-state index in [1.165, 1.54) is 12.4 Å². The number of carbonyl (C=O) groups excluding carboxylic acids is 1. The number of hydrogen-bond acceptors (Lipinski definition) is 8. The van der Waals surface area contributed by atoms with Gasteiger partial charge in [-0.2, -0.15) is 5.10 Å². The van der Waals surface area contributed by atoms with Crippen LogP contribution in [0.5, 0.6) is 0 Å². The summed E-state index contributed by atoms with van der Waals surface area (Å²) in [5.74, 6) is 0.688. The van der Waals surface area contributed by atoms with E-state index in [0.717, 1.165) is 38.5 Å². The summed E-state index contributed by atoms with van der Waals surface area (Å²) < 4.78 is 17.9. The van der Waals surface area contributed by atoms with Gasteiger partial charge in [0.25, 0.3) is 0 Å². The number of rotatable bonds is 11. The summed E-state index contributed by atoms with van der Waals surface area (Å²) in [5.41, 5.74) is 5.79. The highest BCUT2D eigenvalue weighted by atomic mass is 32.2. The van der Waals surface area contributed by atoms with Crippen LogP contribution in [-0.2, 0) is 27.4 Å². The van der Waals surface area contributed by atoms with Gasteiger partial charge in [-0.05, 0) is 27.8 Å². The molecule has 3 aromatic carbocycles. The van der Waals surface area contributed by atoms with Crippen molar-refractivity contribution in [1.82, 2.24) is 20.5 Å². The number of H-pyrrole nitrogens is 1. The van der Waals surface area contributed by atoms with Crippen molar-refractivity contribution >= 4 is 17.9 Å². The standard InChI is InChI=1S/C31H32N4O5S/c1-2-15-38-31(37)32-17-25-5-3-4-6-27(25)22-11-13-24(14-12-22)29-39-26(19-41-30-33-20-34-35-30)16-28(40-29)23-9-7-21(18-36)8-10-23/h2-14,20,26,28-29,36H,1,15-19H2,(H,32,37)(H,33,34,35)/t26-,28+,29+/m1/s1. The van der Waals surface area contributed by atoms with Crippen molar-refractivity contribution in [2.75, 3.05) is 12.4 Å². The summed E-state index contributed by atoms with van der Waals surface area (Å²) in [4.78, 5) is 16.1. The maximum absolute atomic E-state index is 11.9. The monoisotopic (exact) mass is 572 g/mol. The van der Waals surface area contributed by atoms with Gasteiger partial charge in [0, 0.05) is 24.3 Å². The van der Waals surface area contributed by atoms with Crippen LogP contribution >= 0.6 is 11.8 Å². The number of thioether (sulfide) groups is 1. The third-order valence-corrected chi connectivity index (χ3v) is 7.69. The maximum atomic E-state index is 11.9. The SMILES string of the molecule is C=CCOC(=O)NCc1ccccc1-c1ccc([C@H]2O[C@@H](CSc3ncn[nH]3)C[C@@H](c3ccc(CO)cc3)O2)cc1. The van der Waals surface area contributed by atoms with Crippen LogP contribution in [0, 0.1) is 0 Å². The normalized spacial score (nSPS) is 18.5. The molecule has 10 heteroatoms. The van der Waals surface area contributed by atoms with Crippen LogP contribution in [0.2, 0.25) is 0 Å². The zero-order chi connectivity index (χ0) is 28.4. The lowest BCUT2D eigenvalue weighted by molar-refractivity contribution is -0.245. The average Bonchev–Trinajstić information content (AvgIpc) is 3.56. The number of alkyl carbamates (subject to hydrolysis) is 1. The smallest absolute Gasteiger partial charge is 0.407 e. The number of nitrogens with zero attached hydrogens (tertiary/aromatic N) is 2. The summed E-state index contributed by atoms with van der Waals surface area (Å²) in [7, 11) is 0. The zero-order valence-corrected chi connectivity index (χ0v) is 23.3. The van der Waals surface area contributed by atoms with Gasteiger partial charge < -0.3 is 24.6 Å². The molecule has 1 amide bonds. The van der Waals surface area contributed by atoms with Crippen molar-refractivity contribution in [1.29, 1.82) is 0 Å². The molecule has 0 spiro atoms. The minimum Gasteiger partial charge on any atom is -0.445 e. The highest BCUT2D eigenvalue weighted by molar-refractivity contribution is 7.99. The first-order valence-corrected chi connectivity index (χ1v) is 14.3. The molecular weight excluding hydrogens is 540 g/mol. The van der Waals surface area contributed by atoms with Gasteiger partial charge in [-0.15, -0.1) is 0 Å². The number of nitrogens with one attached hydrogen (secondary N) is 2. The van der Waals surface area contributed by atoms with Gasteiger partial charge in [0.15, 0.2) is 11.4 Å². The molecule has 212 valence electrons. The van der Waals surface area contributed by atoms with Crippen LogP contribution in [-0.4, -0.2) is 44.8 Å². The topological polar surface area (TPSA) is 119 Å². The number of amides is 1. The molecule has 3 N–H and O–H groups in total. The van der Waals surface area contributed by atoms with E-state index in [9.17, 15) is 9.90 Å². The third kappa shape index (κ3) is 7.62. The predicted octanol–water partition coefficient (Wildman–Crippen LogP) is 5.71. The predicted molar refractivity (Wildman–Crippen MR) is 156 cm³/mol. The molecule has 5 rings (SSSR count). The fraction of sp³-hybridized carbons (Fsp3) is 0.258. The molecule has 0 radical (unpaired) electrons. The number of aromatic nitrogens is 3. The molecule has 41 heavy (non-hydrogen) atoms.